The van der Waals surface area contributed by atoms with E-state index in [2.05, 4.69) is 4.98 Å². The normalized spacial score (nSPS) is 10.7. The number of rotatable bonds is 2. The topological polar surface area (TPSA) is 119 Å². The van der Waals surface area contributed by atoms with Gasteiger partial charge in [-0.1, -0.05) is 5.06 Å². The Balaban J connectivity index is 3.04. The van der Waals surface area contributed by atoms with Gasteiger partial charge in [-0.2, -0.15) is 0 Å². The molecular formula is C13H18N4O4. The number of amidine groups is 1. The Bertz CT molecular complexity index is 548. The predicted octanol–water partition coefficient (Wildman–Crippen LogP) is 1.59. The molecule has 0 saturated heterocycles. The molecule has 21 heavy (non-hydrogen) atoms. The molecule has 0 spiro atoms. The van der Waals surface area contributed by atoms with Gasteiger partial charge in [-0.3, -0.25) is 5.41 Å². The molecule has 1 rings (SSSR count). The second kappa shape index (κ2) is 6.21. The highest BCUT2D eigenvalue weighted by Crippen LogP contribution is 2.17. The number of nitrogens with two attached hydrogens (primary N) is 1. The number of hydrogen-bond donors (Lipinski definition) is 2. The van der Waals surface area contributed by atoms with Gasteiger partial charge in [0, 0.05) is 18.7 Å². The van der Waals surface area contributed by atoms with Gasteiger partial charge in [-0.25, -0.2) is 14.6 Å². The number of hydrogen-bond acceptors (Lipinski definition) is 6. The monoisotopic (exact) mass is 294 g/mol. The molecule has 1 aromatic rings. The van der Waals surface area contributed by atoms with Crippen LogP contribution in [0, 0.1) is 5.41 Å². The number of hydroxylamine groups is 1. The number of nitrogen functional groups attached to an aromatic ring is 1. The second-order valence-corrected chi connectivity index (χ2v) is 5.18. The lowest BCUT2D eigenvalue weighted by Crippen LogP contribution is -2.38. The summed E-state index contributed by atoms with van der Waals surface area (Å²) < 4.78 is 5.14. The summed E-state index contributed by atoms with van der Waals surface area (Å²) >= 11 is 0. The maximum absolute atomic E-state index is 12.0. The second-order valence-electron chi connectivity index (χ2n) is 5.18. The number of ether oxygens (including phenoxy) is 1. The third-order valence-corrected chi connectivity index (χ3v) is 2.05. The van der Waals surface area contributed by atoms with Crippen LogP contribution in [0.15, 0.2) is 18.3 Å². The maximum atomic E-state index is 12.0. The van der Waals surface area contributed by atoms with Gasteiger partial charge in [0.1, 0.15) is 11.4 Å². The fourth-order valence-electron chi connectivity index (χ4n) is 1.28. The smallest absolute Gasteiger partial charge is 0.441 e. The minimum absolute atomic E-state index is 0.0458. The van der Waals surface area contributed by atoms with Crippen molar-refractivity contribution in [1.29, 1.82) is 5.41 Å². The van der Waals surface area contributed by atoms with Crippen molar-refractivity contribution in [3.8, 4) is 0 Å². The summed E-state index contributed by atoms with van der Waals surface area (Å²) in [4.78, 5) is 31.9. The zero-order valence-corrected chi connectivity index (χ0v) is 12.3. The molecule has 0 atom stereocenters. The van der Waals surface area contributed by atoms with Crippen LogP contribution in [0.3, 0.4) is 0 Å². The molecule has 8 heteroatoms. The molecule has 8 nitrogen and oxygen atoms in total. The summed E-state index contributed by atoms with van der Waals surface area (Å²) in [5.74, 6) is -0.812. The molecule has 0 radical (unpaired) electrons. The van der Waals surface area contributed by atoms with Gasteiger partial charge < -0.3 is 15.3 Å². The van der Waals surface area contributed by atoms with Gasteiger partial charge in [0.05, 0.1) is 0 Å². The molecule has 0 bridgehead atoms. The fraction of sp³-hybridized carbons (Fsp3) is 0.385. The van der Waals surface area contributed by atoms with Crippen molar-refractivity contribution in [3.63, 3.8) is 0 Å². The van der Waals surface area contributed by atoms with Crippen LogP contribution < -0.4 is 10.8 Å². The van der Waals surface area contributed by atoms with Gasteiger partial charge in [0.25, 0.3) is 0 Å². The van der Waals surface area contributed by atoms with Crippen LogP contribution in [0.5, 0.6) is 0 Å². The first-order valence-electron chi connectivity index (χ1n) is 6.12. The molecule has 0 aliphatic rings. The first kappa shape index (κ1) is 16.4. The highest BCUT2D eigenvalue weighted by atomic mass is 16.8. The van der Waals surface area contributed by atoms with Crippen LogP contribution in [-0.2, 0) is 14.4 Å². The van der Waals surface area contributed by atoms with E-state index >= 15 is 0 Å². The van der Waals surface area contributed by atoms with Crippen molar-refractivity contribution in [2.75, 3.05) is 5.06 Å². The Hall–Kier alpha value is -2.64. The van der Waals surface area contributed by atoms with E-state index in [0.717, 1.165) is 6.92 Å². The highest BCUT2D eigenvalue weighted by Gasteiger charge is 2.27. The summed E-state index contributed by atoms with van der Waals surface area (Å²) in [6, 6.07) is 2.87. The van der Waals surface area contributed by atoms with E-state index in [1.165, 1.54) is 18.3 Å². The molecule has 0 unspecified atom stereocenters. The molecular weight excluding hydrogens is 276 g/mol. The van der Waals surface area contributed by atoms with Gasteiger partial charge in [0.15, 0.2) is 5.82 Å². The van der Waals surface area contributed by atoms with Crippen LogP contribution in [0.1, 0.15) is 33.3 Å². The van der Waals surface area contributed by atoms with E-state index in [1.807, 2.05) is 0 Å². The van der Waals surface area contributed by atoms with Crippen LogP contribution in [0.4, 0.5) is 10.6 Å². The van der Waals surface area contributed by atoms with Crippen LogP contribution in [0.25, 0.3) is 0 Å². The van der Waals surface area contributed by atoms with E-state index in [-0.39, 0.29) is 11.7 Å². The zero-order valence-electron chi connectivity index (χ0n) is 12.3. The molecule has 1 amide bonds. The average Bonchev–Trinajstić information content (AvgIpc) is 2.33. The lowest BCUT2D eigenvalue weighted by atomic mass is 10.2. The van der Waals surface area contributed by atoms with Crippen molar-refractivity contribution in [1.82, 2.24) is 4.98 Å². The minimum Gasteiger partial charge on any atom is -0.441 e. The lowest BCUT2D eigenvalue weighted by Gasteiger charge is -2.25. The number of amides is 1. The number of anilines is 1. The molecule has 3 N–H and O–H groups in total. The molecule has 1 heterocycles. The summed E-state index contributed by atoms with van der Waals surface area (Å²) in [6.45, 7) is 6.21. The molecule has 0 aliphatic carbocycles. The van der Waals surface area contributed by atoms with Crippen molar-refractivity contribution >= 4 is 23.7 Å². The van der Waals surface area contributed by atoms with Crippen LogP contribution in [-0.4, -0.2) is 28.5 Å². The quantitative estimate of drug-likeness (QED) is 0.485. The largest absolute Gasteiger partial charge is 0.450 e. The highest BCUT2D eigenvalue weighted by molar-refractivity contribution is 5.95. The Labute approximate surface area is 122 Å². The Morgan fingerprint density at radius 1 is 1.33 bits per heavy atom. The molecule has 1 aromatic heterocycles. The van der Waals surface area contributed by atoms with E-state index in [0.29, 0.717) is 10.6 Å². The number of nitrogens with zero attached hydrogens (tertiary/aromatic N) is 2. The van der Waals surface area contributed by atoms with Gasteiger partial charge in [-0.05, 0) is 32.9 Å². The minimum atomic E-state index is -0.874. The number of carbonyl (C=O) groups is 2. The number of pyridine rings is 1. The first-order valence-corrected chi connectivity index (χ1v) is 6.12. The third-order valence-electron chi connectivity index (χ3n) is 2.05. The van der Waals surface area contributed by atoms with Crippen molar-refractivity contribution < 1.29 is 19.2 Å². The number of aromatic nitrogens is 1. The van der Waals surface area contributed by atoms with E-state index in [1.54, 1.807) is 20.8 Å². The van der Waals surface area contributed by atoms with Crippen molar-refractivity contribution in [2.45, 2.75) is 33.3 Å². The summed E-state index contributed by atoms with van der Waals surface area (Å²) in [5, 5.41) is 7.93. The average molecular weight is 294 g/mol. The summed E-state index contributed by atoms with van der Waals surface area (Å²) in [7, 11) is 0. The van der Waals surface area contributed by atoms with Gasteiger partial charge in [-0.15, -0.1) is 0 Å². The summed E-state index contributed by atoms with van der Waals surface area (Å²) in [6.07, 6.45) is 0.416. The SMILES string of the molecule is CC(=O)ON(C(=O)OC(C)(C)C)c1ccc(C(=N)N)cn1. The molecule has 0 fully saturated rings. The van der Waals surface area contributed by atoms with Gasteiger partial charge in [0.2, 0.25) is 0 Å². The van der Waals surface area contributed by atoms with Crippen molar-refractivity contribution in [2.24, 2.45) is 5.73 Å². The van der Waals surface area contributed by atoms with Crippen LogP contribution in [0.2, 0.25) is 0 Å². The van der Waals surface area contributed by atoms with Gasteiger partial charge >= 0.3 is 12.1 Å². The zero-order chi connectivity index (χ0) is 16.2. The van der Waals surface area contributed by atoms with E-state index < -0.39 is 17.7 Å². The van der Waals surface area contributed by atoms with Crippen molar-refractivity contribution in [3.05, 3.63) is 23.9 Å². The number of nitrogens with one attached hydrogen (secondary N) is 1. The molecule has 0 aromatic carbocycles. The Kier molecular flexibility index (Phi) is 4.85. The third kappa shape index (κ3) is 5.09. The fourth-order valence-corrected chi connectivity index (χ4v) is 1.28. The Morgan fingerprint density at radius 3 is 2.33 bits per heavy atom. The Morgan fingerprint density at radius 2 is 1.95 bits per heavy atom. The maximum Gasteiger partial charge on any atom is 0.450 e. The molecule has 114 valence electrons. The first-order chi connectivity index (χ1) is 9.60. The molecule has 0 saturated carbocycles. The predicted molar refractivity (Wildman–Crippen MR) is 75.7 cm³/mol. The van der Waals surface area contributed by atoms with E-state index in [9.17, 15) is 9.59 Å². The standard InChI is InChI=1S/C13H18N4O4/c1-8(18)21-17(12(19)20-13(2,3)4)10-6-5-9(7-16-10)11(14)15/h5-7H,1-4H3,(H3,14,15). The molecule has 0 aliphatic heterocycles. The van der Waals surface area contributed by atoms with Crippen LogP contribution >= 0.6 is 0 Å². The van der Waals surface area contributed by atoms with E-state index in [4.69, 9.17) is 20.7 Å². The lowest BCUT2D eigenvalue weighted by molar-refractivity contribution is -0.142. The summed E-state index contributed by atoms with van der Waals surface area (Å²) in [5.41, 5.74) is 4.94. The number of carbonyl (C=O) groups excluding carboxylic acids is 2.